The maximum absolute atomic E-state index is 9.78. The Balaban J connectivity index is 0. The van der Waals surface area contributed by atoms with Crippen LogP contribution >= 0.6 is 0 Å². The van der Waals surface area contributed by atoms with Crippen LogP contribution in [0.4, 0.5) is 0 Å². The number of rotatable bonds is 6. The normalized spacial score (nSPS) is 10.8. The first-order chi connectivity index (χ1) is 5.06. The van der Waals surface area contributed by atoms with E-state index in [1.807, 2.05) is 0 Å². The number of hydrogen-bond acceptors (Lipinski definition) is 6. The van der Waals surface area contributed by atoms with Crippen LogP contribution < -0.4 is 29.6 Å². The molecule has 0 aliphatic heterocycles. The van der Waals surface area contributed by atoms with E-state index >= 15 is 0 Å². The van der Waals surface area contributed by atoms with Crippen LogP contribution in [0, 0.1) is 0 Å². The van der Waals surface area contributed by atoms with Crippen LogP contribution in [0.2, 0.25) is 0 Å². The van der Waals surface area contributed by atoms with Gasteiger partial charge in [-0.2, -0.15) is 0 Å². The summed E-state index contributed by atoms with van der Waals surface area (Å²) in [5, 5.41) is 8.18. The molecule has 0 aromatic carbocycles. The second-order valence-corrected chi connectivity index (χ2v) is 2.62. The van der Waals surface area contributed by atoms with Crippen LogP contribution in [-0.4, -0.2) is 44.5 Å². The number of aliphatic hydroxyl groups excluding tert-OH is 1. The summed E-state index contributed by atoms with van der Waals surface area (Å²) >= 11 is 0. The summed E-state index contributed by atoms with van der Waals surface area (Å²) in [6, 6.07) is 0. The zero-order chi connectivity index (χ0) is 8.74. The standard InChI is InChI=1S/C4H10O6S.Na/c5-1-2-9-3-4-10-11(6,7)8;/h5H,1-4H2,(H,6,7,8);/q;+1/p-1. The molecular weight excluding hydrogens is 199 g/mol. The first-order valence-electron chi connectivity index (χ1n) is 2.85. The molecule has 0 aromatic heterocycles. The van der Waals surface area contributed by atoms with Crippen molar-refractivity contribution in [3.05, 3.63) is 0 Å². The fourth-order valence-electron chi connectivity index (χ4n) is 0.362. The predicted octanol–water partition coefficient (Wildman–Crippen LogP) is -4.52. The van der Waals surface area contributed by atoms with Crippen molar-refractivity contribution < 1.29 is 56.6 Å². The van der Waals surface area contributed by atoms with Crippen LogP contribution in [0.1, 0.15) is 0 Å². The third-order valence-electron chi connectivity index (χ3n) is 0.691. The molecule has 12 heavy (non-hydrogen) atoms. The fourth-order valence-corrected chi connectivity index (χ4v) is 0.634. The van der Waals surface area contributed by atoms with Gasteiger partial charge in [0.25, 0.3) is 0 Å². The van der Waals surface area contributed by atoms with E-state index in [1.165, 1.54) is 0 Å². The predicted molar refractivity (Wildman–Crippen MR) is 33.6 cm³/mol. The first kappa shape index (κ1) is 15.3. The molecule has 0 fully saturated rings. The largest absolute Gasteiger partial charge is 1.00 e. The second kappa shape index (κ2) is 8.39. The molecule has 0 aromatic rings. The van der Waals surface area contributed by atoms with Crippen LogP contribution in [0.5, 0.6) is 0 Å². The molecule has 0 aliphatic rings. The Morgan fingerprint density at radius 2 is 1.83 bits per heavy atom. The van der Waals surface area contributed by atoms with Crippen molar-refractivity contribution in [1.29, 1.82) is 0 Å². The van der Waals surface area contributed by atoms with Crippen molar-refractivity contribution in [3.8, 4) is 0 Å². The molecule has 0 radical (unpaired) electrons. The fraction of sp³-hybridized carbons (Fsp3) is 1.00. The van der Waals surface area contributed by atoms with E-state index in [2.05, 4.69) is 8.92 Å². The molecule has 0 atom stereocenters. The molecule has 68 valence electrons. The maximum Gasteiger partial charge on any atom is 1.00 e. The minimum atomic E-state index is -4.60. The molecule has 0 bridgehead atoms. The minimum Gasteiger partial charge on any atom is -0.726 e. The van der Waals surface area contributed by atoms with E-state index < -0.39 is 10.4 Å². The van der Waals surface area contributed by atoms with Crippen molar-refractivity contribution in [2.24, 2.45) is 0 Å². The van der Waals surface area contributed by atoms with Gasteiger partial charge in [0.15, 0.2) is 0 Å². The molecule has 8 heteroatoms. The number of aliphatic hydroxyl groups is 1. The molecule has 0 rings (SSSR count). The summed E-state index contributed by atoms with van der Waals surface area (Å²) in [6.07, 6.45) is 0. The van der Waals surface area contributed by atoms with Gasteiger partial charge >= 0.3 is 29.6 Å². The Morgan fingerprint density at radius 1 is 1.25 bits per heavy atom. The van der Waals surface area contributed by atoms with Gasteiger partial charge in [-0.1, -0.05) is 0 Å². The molecule has 6 nitrogen and oxygen atoms in total. The smallest absolute Gasteiger partial charge is 0.726 e. The van der Waals surface area contributed by atoms with Crippen LogP contribution in [-0.2, 0) is 19.3 Å². The summed E-state index contributed by atoms with van der Waals surface area (Å²) in [6.45, 7) is -0.389. The Kier molecular flexibility index (Phi) is 10.7. The van der Waals surface area contributed by atoms with Crippen molar-refractivity contribution in [2.75, 3.05) is 26.4 Å². The quantitative estimate of drug-likeness (QED) is 0.204. The van der Waals surface area contributed by atoms with Crippen molar-refractivity contribution in [1.82, 2.24) is 0 Å². The second-order valence-electron chi connectivity index (χ2n) is 1.57. The van der Waals surface area contributed by atoms with Gasteiger partial charge in [0, 0.05) is 0 Å². The molecule has 0 unspecified atom stereocenters. The summed E-state index contributed by atoms with van der Waals surface area (Å²) in [5.74, 6) is 0. The Bertz CT molecular complexity index is 178. The summed E-state index contributed by atoms with van der Waals surface area (Å²) in [7, 11) is -4.60. The number of ether oxygens (including phenoxy) is 1. The van der Waals surface area contributed by atoms with Gasteiger partial charge in [-0.05, 0) is 0 Å². The van der Waals surface area contributed by atoms with Crippen LogP contribution in [0.15, 0.2) is 0 Å². The molecule has 0 amide bonds. The van der Waals surface area contributed by atoms with E-state index in [-0.39, 0.29) is 56.0 Å². The Labute approximate surface area is 93.1 Å². The van der Waals surface area contributed by atoms with Crippen molar-refractivity contribution in [2.45, 2.75) is 0 Å². The molecule has 0 saturated carbocycles. The van der Waals surface area contributed by atoms with Gasteiger partial charge in [-0.15, -0.1) is 0 Å². The SMILES string of the molecule is O=S(=O)([O-])OCCOCCO.[Na+]. The summed E-state index contributed by atoms with van der Waals surface area (Å²) in [5.41, 5.74) is 0. The third-order valence-corrected chi connectivity index (χ3v) is 1.15. The molecule has 0 spiro atoms. The van der Waals surface area contributed by atoms with E-state index in [0.717, 1.165) is 0 Å². The molecule has 0 aliphatic carbocycles. The topological polar surface area (TPSA) is 95.9 Å². The maximum atomic E-state index is 9.78. The van der Waals surface area contributed by atoms with E-state index in [9.17, 15) is 13.0 Å². The Hall–Kier alpha value is 0.790. The number of hydrogen-bond donors (Lipinski definition) is 1. The van der Waals surface area contributed by atoms with E-state index in [4.69, 9.17) is 5.11 Å². The molecule has 0 saturated heterocycles. The first-order valence-corrected chi connectivity index (χ1v) is 4.18. The van der Waals surface area contributed by atoms with Gasteiger partial charge in [-0.25, -0.2) is 8.42 Å². The molecule has 0 heterocycles. The van der Waals surface area contributed by atoms with Crippen LogP contribution in [0.25, 0.3) is 0 Å². The molecular formula is C4H9NaO6S. The zero-order valence-corrected chi connectivity index (χ0v) is 9.54. The molecule has 1 N–H and O–H groups in total. The monoisotopic (exact) mass is 208 g/mol. The average Bonchev–Trinajstić information content (AvgIpc) is 1.85. The van der Waals surface area contributed by atoms with Crippen molar-refractivity contribution >= 4 is 10.4 Å². The van der Waals surface area contributed by atoms with Gasteiger partial charge < -0.3 is 14.4 Å². The zero-order valence-electron chi connectivity index (χ0n) is 6.73. The Morgan fingerprint density at radius 3 is 2.25 bits per heavy atom. The van der Waals surface area contributed by atoms with E-state index in [0.29, 0.717) is 0 Å². The van der Waals surface area contributed by atoms with Gasteiger partial charge in [-0.3, -0.25) is 4.18 Å². The van der Waals surface area contributed by atoms with Gasteiger partial charge in [0.05, 0.1) is 26.4 Å². The summed E-state index contributed by atoms with van der Waals surface area (Å²) < 4.78 is 37.7. The third kappa shape index (κ3) is 13.4. The van der Waals surface area contributed by atoms with E-state index in [1.54, 1.807) is 0 Å². The van der Waals surface area contributed by atoms with Gasteiger partial charge in [0.1, 0.15) is 0 Å². The van der Waals surface area contributed by atoms with Gasteiger partial charge in [0.2, 0.25) is 10.4 Å². The minimum absolute atomic E-state index is 0. The average molecular weight is 208 g/mol. The summed E-state index contributed by atoms with van der Waals surface area (Å²) in [4.78, 5) is 0. The van der Waals surface area contributed by atoms with Crippen LogP contribution in [0.3, 0.4) is 0 Å². The van der Waals surface area contributed by atoms with Crippen molar-refractivity contribution in [3.63, 3.8) is 0 Å².